The lowest BCUT2D eigenvalue weighted by molar-refractivity contribution is -0.128. The maximum Gasteiger partial charge on any atom is 0.227 e. The van der Waals surface area contributed by atoms with Gasteiger partial charge in [0, 0.05) is 63.2 Å². The number of carbonyl (C=O) groups excluding carboxylic acids is 1. The highest BCUT2D eigenvalue weighted by Crippen LogP contribution is 2.33. The molecule has 9 nitrogen and oxygen atoms in total. The van der Waals surface area contributed by atoms with Crippen LogP contribution in [-0.4, -0.2) is 61.5 Å². The normalized spacial score (nSPS) is 20.9. The second-order valence-electron chi connectivity index (χ2n) is 8.52. The minimum atomic E-state index is 0.168. The van der Waals surface area contributed by atoms with Crippen LogP contribution in [0.1, 0.15) is 26.8 Å². The Balaban J connectivity index is 1.32. The van der Waals surface area contributed by atoms with Gasteiger partial charge in [-0.3, -0.25) is 4.79 Å². The van der Waals surface area contributed by atoms with E-state index in [-0.39, 0.29) is 5.91 Å². The predicted molar refractivity (Wildman–Crippen MR) is 115 cm³/mol. The summed E-state index contributed by atoms with van der Waals surface area (Å²) in [5.74, 6) is 3.32. The minimum Gasteiger partial charge on any atom is -0.342 e. The standard InChI is InChI=1S/C21H26N8O/c1-13(2)29-12-24-17-7-23-20(6-18(17)29)25-19-4-5-22-21(26-19)28-10-15-8-27(14(3)30)9-16(15)11-28/h4-7,12-13,15-16H,8-11H2,1-3H3,(H,22,23,25,26). The van der Waals surface area contributed by atoms with Crippen LogP contribution < -0.4 is 10.2 Å². The third-order valence-electron chi connectivity index (χ3n) is 6.13. The molecule has 9 heteroatoms. The third-order valence-corrected chi connectivity index (χ3v) is 6.13. The Morgan fingerprint density at radius 1 is 1.10 bits per heavy atom. The van der Waals surface area contributed by atoms with Gasteiger partial charge in [-0.1, -0.05) is 0 Å². The number of aromatic nitrogens is 5. The van der Waals surface area contributed by atoms with E-state index in [0.29, 0.717) is 23.7 Å². The lowest BCUT2D eigenvalue weighted by atomic mass is 10.0. The van der Waals surface area contributed by atoms with Crippen molar-refractivity contribution in [1.29, 1.82) is 0 Å². The lowest BCUT2D eigenvalue weighted by Gasteiger charge is -2.21. The van der Waals surface area contributed by atoms with Gasteiger partial charge in [0.05, 0.1) is 18.0 Å². The molecular weight excluding hydrogens is 380 g/mol. The zero-order valence-electron chi connectivity index (χ0n) is 17.5. The molecule has 30 heavy (non-hydrogen) atoms. The SMILES string of the molecule is CC(=O)N1CC2CN(c3nccc(Nc4cc5c(cn4)ncn5C(C)C)n3)CC2C1. The zero-order chi connectivity index (χ0) is 20.8. The molecular formula is C21H26N8O. The number of hydrogen-bond acceptors (Lipinski definition) is 7. The molecule has 0 aromatic carbocycles. The van der Waals surface area contributed by atoms with Gasteiger partial charge in [0.25, 0.3) is 0 Å². The number of amides is 1. The number of imidazole rings is 1. The highest BCUT2D eigenvalue weighted by atomic mass is 16.2. The Hall–Kier alpha value is -3.23. The number of rotatable bonds is 4. The largest absolute Gasteiger partial charge is 0.342 e. The van der Waals surface area contributed by atoms with Gasteiger partial charge in [-0.05, 0) is 19.9 Å². The molecule has 0 radical (unpaired) electrons. The van der Waals surface area contributed by atoms with Crippen molar-refractivity contribution in [1.82, 2.24) is 29.4 Å². The van der Waals surface area contributed by atoms with Gasteiger partial charge < -0.3 is 19.7 Å². The van der Waals surface area contributed by atoms with Gasteiger partial charge in [-0.15, -0.1) is 0 Å². The average molecular weight is 406 g/mol. The Morgan fingerprint density at radius 2 is 1.87 bits per heavy atom. The summed E-state index contributed by atoms with van der Waals surface area (Å²) in [4.78, 5) is 33.9. The van der Waals surface area contributed by atoms with Crippen molar-refractivity contribution in [2.45, 2.75) is 26.8 Å². The zero-order valence-corrected chi connectivity index (χ0v) is 17.5. The van der Waals surface area contributed by atoms with Gasteiger partial charge >= 0.3 is 0 Å². The maximum atomic E-state index is 11.6. The van der Waals surface area contributed by atoms with Crippen LogP contribution in [0, 0.1) is 11.8 Å². The van der Waals surface area contributed by atoms with Crippen LogP contribution in [0.25, 0.3) is 11.0 Å². The molecule has 1 N–H and O–H groups in total. The molecule has 5 rings (SSSR count). The number of anilines is 3. The first-order valence-electron chi connectivity index (χ1n) is 10.4. The Labute approximate surface area is 175 Å². The molecule has 0 bridgehead atoms. The van der Waals surface area contributed by atoms with Crippen LogP contribution in [0.15, 0.2) is 30.9 Å². The van der Waals surface area contributed by atoms with Gasteiger partial charge in [-0.2, -0.15) is 4.98 Å². The van der Waals surface area contributed by atoms with Crippen LogP contribution >= 0.6 is 0 Å². The second-order valence-corrected chi connectivity index (χ2v) is 8.52. The molecule has 2 atom stereocenters. The smallest absolute Gasteiger partial charge is 0.227 e. The first-order chi connectivity index (χ1) is 14.5. The molecule has 0 aliphatic carbocycles. The van der Waals surface area contributed by atoms with Crippen molar-refractivity contribution in [3.05, 3.63) is 30.9 Å². The molecule has 2 fully saturated rings. The Bertz CT molecular complexity index is 1080. The molecule has 0 saturated carbocycles. The molecule has 1 amide bonds. The monoisotopic (exact) mass is 406 g/mol. The van der Waals surface area contributed by atoms with E-state index in [2.05, 4.69) is 43.6 Å². The molecule has 2 unspecified atom stereocenters. The van der Waals surface area contributed by atoms with Crippen LogP contribution in [0.2, 0.25) is 0 Å². The molecule has 0 spiro atoms. The van der Waals surface area contributed by atoms with Crippen molar-refractivity contribution >= 4 is 34.5 Å². The fourth-order valence-electron chi connectivity index (χ4n) is 4.53. The van der Waals surface area contributed by atoms with E-state index in [4.69, 9.17) is 4.98 Å². The molecule has 2 saturated heterocycles. The van der Waals surface area contributed by atoms with Crippen molar-refractivity contribution in [3.8, 4) is 0 Å². The van der Waals surface area contributed by atoms with E-state index < -0.39 is 0 Å². The van der Waals surface area contributed by atoms with E-state index in [1.807, 2.05) is 23.4 Å². The van der Waals surface area contributed by atoms with E-state index in [9.17, 15) is 4.79 Å². The quantitative estimate of drug-likeness (QED) is 0.711. The summed E-state index contributed by atoms with van der Waals surface area (Å²) in [6.45, 7) is 9.35. The molecule has 5 heterocycles. The van der Waals surface area contributed by atoms with E-state index in [1.165, 1.54) is 0 Å². The number of carbonyl (C=O) groups is 1. The number of pyridine rings is 1. The van der Waals surface area contributed by atoms with Crippen molar-refractivity contribution in [3.63, 3.8) is 0 Å². The topological polar surface area (TPSA) is 92.1 Å². The summed E-state index contributed by atoms with van der Waals surface area (Å²) < 4.78 is 2.13. The van der Waals surface area contributed by atoms with Gasteiger partial charge in [0.2, 0.25) is 11.9 Å². The Morgan fingerprint density at radius 3 is 2.57 bits per heavy atom. The molecule has 156 valence electrons. The minimum absolute atomic E-state index is 0.168. The summed E-state index contributed by atoms with van der Waals surface area (Å²) in [6.07, 6.45) is 5.40. The molecule has 2 aliphatic heterocycles. The second kappa shape index (κ2) is 7.23. The number of hydrogen-bond donors (Lipinski definition) is 1. The van der Waals surface area contributed by atoms with Crippen molar-refractivity contribution in [2.75, 3.05) is 36.4 Å². The van der Waals surface area contributed by atoms with Crippen LogP contribution in [0.3, 0.4) is 0 Å². The fraction of sp³-hybridized carbons (Fsp3) is 0.476. The number of likely N-dealkylation sites (tertiary alicyclic amines) is 1. The van der Waals surface area contributed by atoms with E-state index in [1.54, 1.807) is 19.3 Å². The first-order valence-corrected chi connectivity index (χ1v) is 10.4. The average Bonchev–Trinajstić information content (AvgIpc) is 3.40. The van der Waals surface area contributed by atoms with Gasteiger partial charge in [-0.25, -0.2) is 15.0 Å². The molecule has 2 aliphatic rings. The third kappa shape index (κ3) is 3.34. The molecule has 3 aromatic heterocycles. The number of nitrogens with one attached hydrogen (secondary N) is 1. The van der Waals surface area contributed by atoms with Gasteiger partial charge in [0.15, 0.2) is 0 Å². The maximum absolute atomic E-state index is 11.6. The summed E-state index contributed by atoms with van der Waals surface area (Å²) in [5.41, 5.74) is 1.92. The Kier molecular flexibility index (Phi) is 4.52. The van der Waals surface area contributed by atoms with Gasteiger partial charge in [0.1, 0.15) is 17.2 Å². The fourth-order valence-corrected chi connectivity index (χ4v) is 4.53. The van der Waals surface area contributed by atoms with Crippen molar-refractivity contribution < 1.29 is 4.79 Å². The summed E-state index contributed by atoms with van der Waals surface area (Å²) in [5, 5.41) is 3.31. The van der Waals surface area contributed by atoms with E-state index >= 15 is 0 Å². The highest BCUT2D eigenvalue weighted by molar-refractivity contribution is 5.78. The highest BCUT2D eigenvalue weighted by Gasteiger charge is 2.41. The molecule has 3 aromatic rings. The summed E-state index contributed by atoms with van der Waals surface area (Å²) >= 11 is 0. The lowest BCUT2D eigenvalue weighted by Crippen LogP contribution is -2.32. The van der Waals surface area contributed by atoms with Crippen molar-refractivity contribution in [2.24, 2.45) is 11.8 Å². The predicted octanol–water partition coefficient (Wildman–Crippen LogP) is 2.46. The van der Waals surface area contributed by atoms with E-state index in [0.717, 1.165) is 49.0 Å². The number of fused-ring (bicyclic) bond motifs is 2. The number of nitrogens with zero attached hydrogens (tertiary/aromatic N) is 7. The van der Waals surface area contributed by atoms with Crippen LogP contribution in [0.5, 0.6) is 0 Å². The van der Waals surface area contributed by atoms with Crippen LogP contribution in [-0.2, 0) is 4.79 Å². The first kappa shape index (κ1) is 18.8. The van der Waals surface area contributed by atoms with Crippen LogP contribution in [0.4, 0.5) is 17.6 Å². The summed E-state index contributed by atoms with van der Waals surface area (Å²) in [6, 6.07) is 4.17. The summed E-state index contributed by atoms with van der Waals surface area (Å²) in [7, 11) is 0.